The van der Waals surface area contributed by atoms with Crippen molar-refractivity contribution in [1.82, 2.24) is 9.78 Å². The summed E-state index contributed by atoms with van der Waals surface area (Å²) in [6.45, 7) is 1.76. The van der Waals surface area contributed by atoms with Gasteiger partial charge in [0.05, 0.1) is 21.8 Å². The van der Waals surface area contributed by atoms with Crippen LogP contribution < -0.4 is 5.32 Å². The molecular weight excluding hydrogens is 278 g/mol. The summed E-state index contributed by atoms with van der Waals surface area (Å²) in [5, 5.41) is 7.34. The van der Waals surface area contributed by atoms with Crippen molar-refractivity contribution in [2.75, 3.05) is 5.32 Å². The monoisotopic (exact) mass is 289 g/mol. The molecule has 7 nitrogen and oxygen atoms in total. The number of anilines is 1. The smallest absolute Gasteiger partial charge is 0.262 e. The van der Waals surface area contributed by atoms with Crippen LogP contribution in [0.1, 0.15) is 6.92 Å². The van der Waals surface area contributed by atoms with Crippen LogP contribution in [0.3, 0.4) is 0 Å². The van der Waals surface area contributed by atoms with Gasteiger partial charge in [0.1, 0.15) is 12.3 Å². The molecule has 1 aromatic heterocycles. The zero-order valence-corrected chi connectivity index (χ0v) is 11.6. The molecular formula is C12H11N5O2S. The van der Waals surface area contributed by atoms with Gasteiger partial charge in [-0.3, -0.25) is 14.3 Å². The van der Waals surface area contributed by atoms with E-state index in [1.54, 1.807) is 31.0 Å². The molecule has 8 heteroatoms. The van der Waals surface area contributed by atoms with Crippen molar-refractivity contribution in [2.24, 2.45) is 23.0 Å². The number of nitrogens with zero attached hydrogens (tertiary/aromatic N) is 4. The first-order chi connectivity index (χ1) is 9.56. The average Bonchev–Trinajstić information content (AvgIpc) is 2.95. The second-order valence-corrected chi connectivity index (χ2v) is 5.48. The minimum Gasteiger partial charge on any atom is -0.319 e. The largest absolute Gasteiger partial charge is 0.319 e. The number of thioether (sulfide) groups is 1. The Morgan fingerprint density at radius 2 is 2.30 bits per heavy atom. The highest BCUT2D eigenvalue weighted by atomic mass is 32.2. The Kier molecular flexibility index (Phi) is 3.01. The number of aromatic nitrogens is 2. The molecule has 102 valence electrons. The molecule has 1 unspecified atom stereocenters. The molecule has 0 saturated carbocycles. The van der Waals surface area contributed by atoms with Gasteiger partial charge in [0, 0.05) is 13.2 Å². The van der Waals surface area contributed by atoms with Crippen LogP contribution in [-0.2, 0) is 16.6 Å². The third kappa shape index (κ3) is 2.07. The van der Waals surface area contributed by atoms with Gasteiger partial charge in [-0.1, -0.05) is 11.8 Å². The minimum atomic E-state index is -0.500. The van der Waals surface area contributed by atoms with E-state index in [1.165, 1.54) is 18.1 Å². The van der Waals surface area contributed by atoms with Crippen molar-refractivity contribution in [1.29, 1.82) is 0 Å². The van der Waals surface area contributed by atoms with Crippen molar-refractivity contribution in [3.05, 3.63) is 22.9 Å². The van der Waals surface area contributed by atoms with Gasteiger partial charge in [-0.2, -0.15) is 5.10 Å². The highest BCUT2D eigenvalue weighted by Crippen LogP contribution is 2.40. The van der Waals surface area contributed by atoms with Crippen molar-refractivity contribution < 1.29 is 9.59 Å². The van der Waals surface area contributed by atoms with Gasteiger partial charge in [0.2, 0.25) is 0 Å². The highest BCUT2D eigenvalue weighted by Gasteiger charge is 2.38. The number of hydrogen-bond acceptors (Lipinski definition) is 5. The number of carbonyl (C=O) groups is 2. The Hall–Kier alpha value is -2.22. The first-order valence-electron chi connectivity index (χ1n) is 5.89. The van der Waals surface area contributed by atoms with Crippen LogP contribution in [-0.4, -0.2) is 33.0 Å². The molecule has 0 spiro atoms. The van der Waals surface area contributed by atoms with E-state index in [-0.39, 0.29) is 11.8 Å². The van der Waals surface area contributed by atoms with E-state index in [9.17, 15) is 9.59 Å². The molecule has 3 rings (SSSR count). The Labute approximate surface area is 118 Å². The predicted molar refractivity (Wildman–Crippen MR) is 76.6 cm³/mol. The third-order valence-electron chi connectivity index (χ3n) is 3.03. The molecule has 0 fully saturated rings. The van der Waals surface area contributed by atoms with Crippen LogP contribution in [0.2, 0.25) is 0 Å². The standard InChI is InChI=1S/C12H11N5O2S/c1-6-8-10(18)13-5-14-12(8)20-9(6)11(19)16-7-3-15-17(2)4-7/h3-5,8H,1-2H3,(H,16,19). The number of hydrogen-bond donors (Lipinski definition) is 1. The number of aliphatic imine (C=N–C) groups is 2. The number of aryl methyl sites for hydroxylation is 1. The lowest BCUT2D eigenvalue weighted by Gasteiger charge is -2.09. The fraction of sp³-hybridized carbons (Fsp3) is 0.250. The summed E-state index contributed by atoms with van der Waals surface area (Å²) >= 11 is 1.22. The van der Waals surface area contributed by atoms with Crippen molar-refractivity contribution in [3.8, 4) is 0 Å². The molecule has 0 radical (unpaired) electrons. The second-order valence-electron chi connectivity index (χ2n) is 4.45. The van der Waals surface area contributed by atoms with Crippen LogP contribution in [0.4, 0.5) is 5.69 Å². The van der Waals surface area contributed by atoms with Crippen molar-refractivity contribution in [2.45, 2.75) is 6.92 Å². The van der Waals surface area contributed by atoms with Crippen LogP contribution in [0.5, 0.6) is 0 Å². The molecule has 0 aromatic carbocycles. The van der Waals surface area contributed by atoms with E-state index in [0.29, 0.717) is 21.2 Å². The summed E-state index contributed by atoms with van der Waals surface area (Å²) < 4.78 is 1.60. The van der Waals surface area contributed by atoms with Gasteiger partial charge in [0.25, 0.3) is 11.8 Å². The normalized spacial score (nSPS) is 21.0. The molecule has 0 aliphatic carbocycles. The van der Waals surface area contributed by atoms with Gasteiger partial charge in [-0.25, -0.2) is 9.98 Å². The summed E-state index contributed by atoms with van der Waals surface area (Å²) in [6.07, 6.45) is 4.49. The highest BCUT2D eigenvalue weighted by molar-refractivity contribution is 8.18. The van der Waals surface area contributed by atoms with E-state index in [4.69, 9.17) is 0 Å². The third-order valence-corrected chi connectivity index (χ3v) is 4.29. The van der Waals surface area contributed by atoms with Gasteiger partial charge in [0.15, 0.2) is 0 Å². The van der Waals surface area contributed by atoms with E-state index >= 15 is 0 Å². The molecule has 0 bridgehead atoms. The van der Waals surface area contributed by atoms with Crippen LogP contribution in [0.15, 0.2) is 32.9 Å². The van der Waals surface area contributed by atoms with E-state index < -0.39 is 5.92 Å². The van der Waals surface area contributed by atoms with Crippen LogP contribution in [0, 0.1) is 5.92 Å². The minimum absolute atomic E-state index is 0.259. The van der Waals surface area contributed by atoms with E-state index in [1.807, 2.05) is 0 Å². The summed E-state index contributed by atoms with van der Waals surface area (Å²) in [5.41, 5.74) is 1.30. The average molecular weight is 289 g/mol. The fourth-order valence-electron chi connectivity index (χ4n) is 2.07. The maximum Gasteiger partial charge on any atom is 0.262 e. The zero-order valence-electron chi connectivity index (χ0n) is 10.8. The first kappa shape index (κ1) is 12.8. The molecule has 2 amide bonds. The molecule has 3 heterocycles. The first-order valence-corrected chi connectivity index (χ1v) is 6.70. The molecule has 1 aromatic rings. The van der Waals surface area contributed by atoms with Crippen LogP contribution in [0.25, 0.3) is 0 Å². The number of nitrogens with one attached hydrogen (secondary N) is 1. The number of fused-ring (bicyclic) bond motifs is 1. The summed E-state index contributed by atoms with van der Waals surface area (Å²) in [6, 6.07) is 0. The molecule has 1 N–H and O–H groups in total. The van der Waals surface area contributed by atoms with Crippen molar-refractivity contribution in [3.63, 3.8) is 0 Å². The molecule has 0 saturated heterocycles. The topological polar surface area (TPSA) is 88.7 Å². The Morgan fingerprint density at radius 1 is 1.50 bits per heavy atom. The summed E-state index contributed by atoms with van der Waals surface area (Å²) in [7, 11) is 1.77. The van der Waals surface area contributed by atoms with Crippen molar-refractivity contribution >= 4 is 40.6 Å². The molecule has 2 aliphatic rings. The van der Waals surface area contributed by atoms with E-state index in [0.717, 1.165) is 0 Å². The van der Waals surface area contributed by atoms with E-state index in [2.05, 4.69) is 20.4 Å². The number of amides is 2. The Morgan fingerprint density at radius 3 is 2.95 bits per heavy atom. The lowest BCUT2D eigenvalue weighted by molar-refractivity contribution is -0.118. The SMILES string of the molecule is CC1=C(C(=O)Nc2cnn(C)c2)SC2=NC=NC(=O)C21. The van der Waals surface area contributed by atoms with Gasteiger partial charge in [-0.05, 0) is 12.5 Å². The zero-order chi connectivity index (χ0) is 14.3. The Bertz CT molecular complexity index is 700. The maximum atomic E-state index is 12.3. The molecule has 2 aliphatic heterocycles. The van der Waals surface area contributed by atoms with Gasteiger partial charge in [-0.15, -0.1) is 0 Å². The lowest BCUT2D eigenvalue weighted by Crippen LogP contribution is -2.21. The second kappa shape index (κ2) is 4.71. The quantitative estimate of drug-likeness (QED) is 0.878. The summed E-state index contributed by atoms with van der Waals surface area (Å²) in [5.74, 6) is -1.03. The van der Waals surface area contributed by atoms with Gasteiger partial charge >= 0.3 is 0 Å². The predicted octanol–water partition coefficient (Wildman–Crippen LogP) is 0.963. The maximum absolute atomic E-state index is 12.3. The number of rotatable bonds is 2. The number of carbonyl (C=O) groups excluding carboxylic acids is 2. The lowest BCUT2D eigenvalue weighted by atomic mass is 10.00. The van der Waals surface area contributed by atoms with Crippen LogP contribution >= 0.6 is 11.8 Å². The molecule has 20 heavy (non-hydrogen) atoms. The summed E-state index contributed by atoms with van der Waals surface area (Å²) in [4.78, 5) is 32.2. The fourth-order valence-corrected chi connectivity index (χ4v) is 3.20. The molecule has 1 atom stereocenters. The van der Waals surface area contributed by atoms with Gasteiger partial charge < -0.3 is 5.32 Å². The Balaban J connectivity index is 1.84.